The van der Waals surface area contributed by atoms with E-state index in [0.717, 1.165) is 12.5 Å². The van der Waals surface area contributed by atoms with Crippen LogP contribution in [0.4, 0.5) is 0 Å². The molecule has 0 amide bonds. The van der Waals surface area contributed by atoms with E-state index >= 15 is 0 Å². The van der Waals surface area contributed by atoms with Crippen LogP contribution < -0.4 is 5.32 Å². The molecule has 1 aromatic heterocycles. The molecule has 0 radical (unpaired) electrons. The van der Waals surface area contributed by atoms with Crippen LogP contribution in [0.2, 0.25) is 0 Å². The highest BCUT2D eigenvalue weighted by Gasteiger charge is 2.26. The van der Waals surface area contributed by atoms with Crippen molar-refractivity contribution in [3.05, 3.63) is 20.8 Å². The molecule has 1 aliphatic heterocycles. The van der Waals surface area contributed by atoms with Gasteiger partial charge in [-0.2, -0.15) is 0 Å². The zero-order valence-electron chi connectivity index (χ0n) is 10.6. The maximum Gasteiger partial charge on any atom is 0.0285 e. The Balaban J connectivity index is 2.11. The van der Waals surface area contributed by atoms with Crippen molar-refractivity contribution in [3.63, 3.8) is 0 Å². The molecule has 0 spiro atoms. The van der Waals surface area contributed by atoms with Gasteiger partial charge in [-0.3, -0.25) is 0 Å². The summed E-state index contributed by atoms with van der Waals surface area (Å²) in [7, 11) is 4.35. The summed E-state index contributed by atoms with van der Waals surface area (Å²) >= 11 is 5.47. The fourth-order valence-corrected chi connectivity index (χ4v) is 4.27. The van der Waals surface area contributed by atoms with Gasteiger partial charge in [-0.15, -0.1) is 11.3 Å². The van der Waals surface area contributed by atoms with Crippen molar-refractivity contribution >= 4 is 27.3 Å². The van der Waals surface area contributed by atoms with Gasteiger partial charge < -0.3 is 10.2 Å². The highest BCUT2D eigenvalue weighted by Crippen LogP contribution is 2.36. The first-order valence-corrected chi connectivity index (χ1v) is 7.93. The molecule has 2 rings (SSSR count). The second-order valence-electron chi connectivity index (χ2n) is 5.12. The Labute approximate surface area is 117 Å². The molecule has 1 aromatic rings. The summed E-state index contributed by atoms with van der Waals surface area (Å²) in [6.45, 7) is 3.53. The monoisotopic (exact) mass is 316 g/mol. The predicted molar refractivity (Wildman–Crippen MR) is 78.9 cm³/mol. The van der Waals surface area contributed by atoms with Crippen LogP contribution in [0.1, 0.15) is 23.6 Å². The van der Waals surface area contributed by atoms with Crippen molar-refractivity contribution in [2.24, 2.45) is 5.92 Å². The molecule has 4 heteroatoms. The van der Waals surface area contributed by atoms with Crippen molar-refractivity contribution in [1.29, 1.82) is 0 Å². The minimum atomic E-state index is 0.698. The lowest BCUT2D eigenvalue weighted by atomic mass is 9.83. The molecule has 1 unspecified atom stereocenters. The smallest absolute Gasteiger partial charge is 0.0285 e. The number of piperidine rings is 1. The molecule has 0 bridgehead atoms. The molecule has 0 aliphatic carbocycles. The zero-order chi connectivity index (χ0) is 12.3. The lowest BCUT2D eigenvalue weighted by Crippen LogP contribution is -2.34. The molecule has 0 aromatic carbocycles. The summed E-state index contributed by atoms with van der Waals surface area (Å²) in [6, 6.07) is 2.31. The van der Waals surface area contributed by atoms with E-state index in [9.17, 15) is 0 Å². The molecule has 1 fully saturated rings. The third kappa shape index (κ3) is 3.78. The quantitative estimate of drug-likeness (QED) is 0.918. The van der Waals surface area contributed by atoms with Gasteiger partial charge in [-0.25, -0.2) is 0 Å². The first-order chi connectivity index (χ1) is 8.16. The molecule has 96 valence electrons. The first kappa shape index (κ1) is 13.5. The Hall–Kier alpha value is 0.1000. The van der Waals surface area contributed by atoms with Crippen LogP contribution in [-0.4, -0.2) is 38.6 Å². The Kier molecular flexibility index (Phi) is 5.03. The molecule has 2 heterocycles. The molecule has 1 N–H and O–H groups in total. The van der Waals surface area contributed by atoms with E-state index in [1.165, 1.54) is 35.3 Å². The van der Waals surface area contributed by atoms with Gasteiger partial charge >= 0.3 is 0 Å². The minimum Gasteiger partial charge on any atom is -0.317 e. The molecule has 17 heavy (non-hydrogen) atoms. The van der Waals surface area contributed by atoms with Gasteiger partial charge in [0.25, 0.3) is 0 Å². The van der Waals surface area contributed by atoms with Crippen LogP contribution in [0.25, 0.3) is 0 Å². The lowest BCUT2D eigenvalue weighted by Gasteiger charge is -2.32. The van der Waals surface area contributed by atoms with E-state index in [1.807, 2.05) is 11.3 Å². The Morgan fingerprint density at radius 3 is 2.71 bits per heavy atom. The Morgan fingerprint density at radius 1 is 1.47 bits per heavy atom. The normalized spacial score (nSPS) is 19.8. The summed E-state index contributed by atoms with van der Waals surface area (Å²) in [6.07, 6.45) is 2.63. The molecule has 2 nitrogen and oxygen atoms in total. The first-order valence-electron chi connectivity index (χ1n) is 6.26. The van der Waals surface area contributed by atoms with Crippen molar-refractivity contribution in [2.75, 3.05) is 33.7 Å². The van der Waals surface area contributed by atoms with Crippen LogP contribution in [0, 0.1) is 5.92 Å². The number of nitrogens with zero attached hydrogens (tertiary/aromatic N) is 1. The van der Waals surface area contributed by atoms with Gasteiger partial charge in [0.05, 0.1) is 0 Å². The second-order valence-corrected chi connectivity index (χ2v) is 6.98. The summed E-state index contributed by atoms with van der Waals surface area (Å²) < 4.78 is 1.23. The van der Waals surface area contributed by atoms with E-state index in [1.54, 1.807) is 0 Å². The summed E-state index contributed by atoms with van der Waals surface area (Å²) in [5.74, 6) is 1.53. The number of hydrogen-bond donors (Lipinski definition) is 1. The molecular formula is C13H21BrN2S. The molecular weight excluding hydrogens is 296 g/mol. The van der Waals surface area contributed by atoms with E-state index in [4.69, 9.17) is 0 Å². The van der Waals surface area contributed by atoms with E-state index in [0.29, 0.717) is 5.92 Å². The number of halogens is 1. The Bertz CT molecular complexity index is 345. The van der Waals surface area contributed by atoms with Crippen LogP contribution >= 0.6 is 27.3 Å². The third-order valence-electron chi connectivity index (χ3n) is 3.47. The number of nitrogens with one attached hydrogen (secondary N) is 1. The average Bonchev–Trinajstić information content (AvgIpc) is 2.73. The van der Waals surface area contributed by atoms with Crippen molar-refractivity contribution in [3.8, 4) is 0 Å². The van der Waals surface area contributed by atoms with Crippen LogP contribution in [0.15, 0.2) is 15.9 Å². The predicted octanol–water partition coefficient (Wildman–Crippen LogP) is 3.16. The van der Waals surface area contributed by atoms with Gasteiger partial charge in [0.1, 0.15) is 0 Å². The van der Waals surface area contributed by atoms with E-state index < -0.39 is 0 Å². The molecule has 0 saturated carbocycles. The fraction of sp³-hybridized carbons (Fsp3) is 0.692. The summed E-state index contributed by atoms with van der Waals surface area (Å²) in [5.41, 5.74) is 0. The van der Waals surface area contributed by atoms with Crippen LogP contribution in [-0.2, 0) is 0 Å². The minimum absolute atomic E-state index is 0.698. The highest BCUT2D eigenvalue weighted by molar-refractivity contribution is 9.10. The average molecular weight is 317 g/mol. The topological polar surface area (TPSA) is 15.3 Å². The van der Waals surface area contributed by atoms with Crippen molar-refractivity contribution in [1.82, 2.24) is 10.2 Å². The number of hydrogen-bond acceptors (Lipinski definition) is 3. The summed E-state index contributed by atoms with van der Waals surface area (Å²) in [4.78, 5) is 3.86. The fourth-order valence-electron chi connectivity index (χ4n) is 2.63. The summed E-state index contributed by atoms with van der Waals surface area (Å²) in [5, 5.41) is 5.67. The van der Waals surface area contributed by atoms with Gasteiger partial charge in [0.15, 0.2) is 0 Å². The number of likely N-dealkylation sites (N-methyl/N-ethyl adjacent to an activating group) is 1. The van der Waals surface area contributed by atoms with E-state index in [2.05, 4.69) is 51.7 Å². The second kappa shape index (κ2) is 6.32. The standard InChI is InChI=1S/C13H21BrN2S/c1-16(2)8-12(10-3-5-15-6-4-10)13-7-11(14)9-17-13/h7,9-10,12,15H,3-6,8H2,1-2H3. The van der Waals surface area contributed by atoms with E-state index in [-0.39, 0.29) is 0 Å². The lowest BCUT2D eigenvalue weighted by molar-refractivity contribution is 0.264. The van der Waals surface area contributed by atoms with Gasteiger partial charge in [-0.05, 0) is 67.9 Å². The number of rotatable bonds is 4. The largest absolute Gasteiger partial charge is 0.317 e. The van der Waals surface area contributed by atoms with Gasteiger partial charge in [0.2, 0.25) is 0 Å². The molecule has 1 saturated heterocycles. The van der Waals surface area contributed by atoms with Crippen LogP contribution in [0.5, 0.6) is 0 Å². The van der Waals surface area contributed by atoms with Crippen LogP contribution in [0.3, 0.4) is 0 Å². The highest BCUT2D eigenvalue weighted by atomic mass is 79.9. The van der Waals surface area contributed by atoms with Crippen molar-refractivity contribution in [2.45, 2.75) is 18.8 Å². The third-order valence-corrected chi connectivity index (χ3v) is 5.29. The maximum absolute atomic E-state index is 3.58. The maximum atomic E-state index is 3.58. The van der Waals surface area contributed by atoms with Gasteiger partial charge in [0, 0.05) is 27.2 Å². The molecule has 1 atom stereocenters. The SMILES string of the molecule is CN(C)CC(c1cc(Br)cs1)C1CCNCC1. The number of thiophene rings is 1. The zero-order valence-corrected chi connectivity index (χ0v) is 13.0. The Morgan fingerprint density at radius 2 is 2.18 bits per heavy atom. The van der Waals surface area contributed by atoms with Crippen molar-refractivity contribution < 1.29 is 0 Å². The van der Waals surface area contributed by atoms with Gasteiger partial charge in [-0.1, -0.05) is 0 Å². The molecule has 1 aliphatic rings.